The van der Waals surface area contributed by atoms with Crippen molar-refractivity contribution in [3.05, 3.63) is 63.4 Å². The first-order chi connectivity index (χ1) is 15.5. The van der Waals surface area contributed by atoms with Crippen LogP contribution < -0.4 is 4.31 Å². The van der Waals surface area contributed by atoms with Crippen LogP contribution in [0.2, 0.25) is 10.0 Å². The molecular formula is C24H31Cl2N4O2S+. The number of aromatic nitrogens is 2. The maximum atomic E-state index is 13.6. The second kappa shape index (κ2) is 10.2. The summed E-state index contributed by atoms with van der Waals surface area (Å²) in [5.41, 5.74) is 4.92. The summed E-state index contributed by atoms with van der Waals surface area (Å²) in [4.78, 5) is 2.33. The van der Waals surface area contributed by atoms with Gasteiger partial charge in [0.05, 0.1) is 18.4 Å². The van der Waals surface area contributed by atoms with Gasteiger partial charge < -0.3 is 0 Å². The average molecular weight is 511 g/mol. The highest BCUT2D eigenvalue weighted by molar-refractivity contribution is 7.99. The van der Waals surface area contributed by atoms with Crippen molar-refractivity contribution < 1.29 is 8.76 Å². The van der Waals surface area contributed by atoms with Gasteiger partial charge >= 0.3 is 10.4 Å². The Morgan fingerprint density at radius 1 is 1.06 bits per heavy atom. The lowest BCUT2D eigenvalue weighted by atomic mass is 10.0. The van der Waals surface area contributed by atoms with E-state index in [9.17, 15) is 8.76 Å². The van der Waals surface area contributed by atoms with Crippen molar-refractivity contribution in [3.63, 3.8) is 0 Å². The van der Waals surface area contributed by atoms with Gasteiger partial charge in [-0.1, -0.05) is 55.2 Å². The van der Waals surface area contributed by atoms with Crippen LogP contribution in [-0.4, -0.2) is 39.4 Å². The Kier molecular flexibility index (Phi) is 7.91. The fourth-order valence-electron chi connectivity index (χ4n) is 4.01. The van der Waals surface area contributed by atoms with E-state index < -0.39 is 10.4 Å². The van der Waals surface area contributed by atoms with Crippen molar-refractivity contribution in [2.45, 2.75) is 39.1 Å². The third-order valence-corrected chi connectivity index (χ3v) is 8.70. The number of rotatable bonds is 8. The molecular weight excluding hydrogens is 479 g/mol. The monoisotopic (exact) mass is 509 g/mol. The molecule has 178 valence electrons. The molecule has 33 heavy (non-hydrogen) atoms. The van der Waals surface area contributed by atoms with E-state index in [2.05, 4.69) is 36.0 Å². The van der Waals surface area contributed by atoms with E-state index in [1.54, 1.807) is 37.8 Å². The van der Waals surface area contributed by atoms with Crippen LogP contribution >= 0.6 is 23.2 Å². The van der Waals surface area contributed by atoms with Crippen LogP contribution in [0.15, 0.2) is 41.3 Å². The van der Waals surface area contributed by atoms with Gasteiger partial charge in [-0.2, -0.15) is 14.0 Å². The average Bonchev–Trinajstić information content (AvgIpc) is 3.02. The summed E-state index contributed by atoms with van der Waals surface area (Å²) in [6, 6.07) is 11.6. The van der Waals surface area contributed by atoms with Gasteiger partial charge in [0.25, 0.3) is 4.90 Å². The Balaban J connectivity index is 2.01. The summed E-state index contributed by atoms with van der Waals surface area (Å²) < 4.78 is 27.7. The number of anilines is 1. The molecule has 0 aliphatic rings. The van der Waals surface area contributed by atoms with Crippen molar-refractivity contribution in [3.8, 4) is 11.1 Å². The molecule has 0 saturated carbocycles. The number of aryl methyl sites for hydroxylation is 2. The first-order valence-corrected chi connectivity index (χ1v) is 13.0. The lowest BCUT2D eigenvalue weighted by molar-refractivity contribution is 0.296. The standard InChI is InChI=1S/C24H30Cl2N4O2S/c1-7-30(8-2)15-18-10-9-11-19(12-18)20-13-21(25)24(22(26)14-20)33(31,32)29(6)23-16(3)27-28(5)17(23)4/h9-14H,7-8,15H2,1-6H3/p+1. The zero-order chi connectivity index (χ0) is 24.5. The van der Waals surface area contributed by atoms with Crippen LogP contribution in [0.5, 0.6) is 0 Å². The van der Waals surface area contributed by atoms with Crippen molar-refractivity contribution in [1.29, 1.82) is 0 Å². The van der Waals surface area contributed by atoms with Gasteiger partial charge in [-0.3, -0.25) is 9.58 Å². The molecule has 3 rings (SSSR count). The molecule has 0 fully saturated rings. The van der Waals surface area contributed by atoms with Crippen LogP contribution in [0.4, 0.5) is 5.69 Å². The summed E-state index contributed by atoms with van der Waals surface area (Å²) in [5, 5.41) is 4.63. The molecule has 0 radical (unpaired) electrons. The third kappa shape index (κ3) is 5.12. The van der Waals surface area contributed by atoms with Gasteiger partial charge in [0.2, 0.25) is 0 Å². The van der Waals surface area contributed by atoms with Crippen LogP contribution in [-0.2, 0) is 28.2 Å². The normalized spacial score (nSPS) is 13.4. The third-order valence-electron chi connectivity index (χ3n) is 5.98. The molecule has 6 nitrogen and oxygen atoms in total. The summed E-state index contributed by atoms with van der Waals surface area (Å²) in [5.74, 6) is 0. The lowest BCUT2D eigenvalue weighted by Crippen LogP contribution is -2.33. The molecule has 0 aliphatic heterocycles. The number of nitrogens with zero attached hydrogens (tertiary/aromatic N) is 4. The van der Waals surface area contributed by atoms with E-state index >= 15 is 0 Å². The van der Waals surface area contributed by atoms with E-state index in [4.69, 9.17) is 23.2 Å². The highest BCUT2D eigenvalue weighted by Crippen LogP contribution is 2.40. The van der Waals surface area contributed by atoms with Crippen LogP contribution in [0.25, 0.3) is 11.1 Å². The minimum atomic E-state index is -3.76. The van der Waals surface area contributed by atoms with Gasteiger partial charge in [0, 0.05) is 13.6 Å². The van der Waals surface area contributed by atoms with Crippen molar-refractivity contribution in [2.75, 3.05) is 24.4 Å². The van der Waals surface area contributed by atoms with Crippen molar-refractivity contribution in [1.82, 2.24) is 14.7 Å². The Morgan fingerprint density at radius 2 is 1.67 bits per heavy atom. The highest BCUT2D eigenvalue weighted by atomic mass is 35.5. The first kappa shape index (κ1) is 25.7. The number of hydrogen-bond acceptors (Lipinski definition) is 3. The predicted octanol–water partition coefficient (Wildman–Crippen LogP) is 6.24. The number of benzene rings is 2. The smallest absolute Gasteiger partial charge is 0.300 e. The molecule has 2 aromatic carbocycles. The Morgan fingerprint density at radius 3 is 2.18 bits per heavy atom. The van der Waals surface area contributed by atoms with Crippen LogP contribution in [0.3, 0.4) is 0 Å². The van der Waals surface area contributed by atoms with E-state index in [0.29, 0.717) is 11.4 Å². The lowest BCUT2D eigenvalue weighted by Gasteiger charge is -2.20. The molecule has 0 amide bonds. The van der Waals surface area contributed by atoms with E-state index in [1.807, 2.05) is 19.1 Å². The maximum absolute atomic E-state index is 13.6. The molecule has 9 heteroatoms. The van der Waals surface area contributed by atoms with E-state index in [-0.39, 0.29) is 14.9 Å². The van der Waals surface area contributed by atoms with E-state index in [1.165, 1.54) is 9.87 Å². The predicted molar refractivity (Wildman–Crippen MR) is 139 cm³/mol. The van der Waals surface area contributed by atoms with Gasteiger partial charge in [-0.15, -0.1) is 0 Å². The second-order valence-corrected chi connectivity index (χ2v) is 10.8. The quantitative estimate of drug-likeness (QED) is 0.365. The number of hydrogen-bond donors (Lipinski definition) is 1. The van der Waals surface area contributed by atoms with Crippen molar-refractivity contribution in [2.24, 2.45) is 7.05 Å². The van der Waals surface area contributed by atoms with Gasteiger partial charge in [0.15, 0.2) is 0 Å². The second-order valence-electron chi connectivity index (χ2n) is 8.07. The zero-order valence-electron chi connectivity index (χ0n) is 19.9. The molecule has 1 unspecified atom stereocenters. The fraction of sp³-hybridized carbons (Fsp3) is 0.375. The molecule has 0 bridgehead atoms. The minimum Gasteiger partial charge on any atom is -0.300 e. The number of halogens is 2. The first-order valence-electron chi connectivity index (χ1n) is 10.8. The summed E-state index contributed by atoms with van der Waals surface area (Å²) in [6.45, 7) is 10.7. The van der Waals surface area contributed by atoms with E-state index in [0.717, 1.165) is 36.5 Å². The molecule has 0 spiro atoms. The van der Waals surface area contributed by atoms with Crippen LogP contribution in [0.1, 0.15) is 30.8 Å². The molecule has 1 atom stereocenters. The highest BCUT2D eigenvalue weighted by Gasteiger charge is 2.43. The zero-order valence-corrected chi connectivity index (χ0v) is 22.2. The summed E-state index contributed by atoms with van der Waals surface area (Å²) >= 11 is 13.2. The van der Waals surface area contributed by atoms with Crippen molar-refractivity contribution >= 4 is 39.3 Å². The fourth-order valence-corrected chi connectivity index (χ4v) is 6.52. The molecule has 1 aromatic heterocycles. The molecule has 0 saturated heterocycles. The molecule has 3 aromatic rings. The Labute approximate surface area is 207 Å². The Bertz CT molecular complexity index is 1180. The maximum Gasteiger partial charge on any atom is 0.351 e. The molecule has 1 N–H and O–H groups in total. The molecule has 0 aliphatic carbocycles. The van der Waals surface area contributed by atoms with Gasteiger partial charge in [-0.05, 0) is 66.0 Å². The van der Waals surface area contributed by atoms with Gasteiger partial charge in [0.1, 0.15) is 15.7 Å². The minimum absolute atomic E-state index is 0.000896. The summed E-state index contributed by atoms with van der Waals surface area (Å²) in [6.07, 6.45) is 0. The van der Waals surface area contributed by atoms with Gasteiger partial charge in [-0.25, -0.2) is 0 Å². The summed E-state index contributed by atoms with van der Waals surface area (Å²) in [7, 11) is -0.410. The Hall–Kier alpha value is -1.90. The SMILES string of the molecule is CCN(CC)Cc1cccc(-c2cc(Cl)c([S+](=O)(O)N(C)c3c(C)nn(C)c3C)c(Cl)c2)c1. The topological polar surface area (TPSA) is 61.6 Å². The molecule has 1 heterocycles. The largest absolute Gasteiger partial charge is 0.351 e. The van der Waals surface area contributed by atoms with Crippen LogP contribution in [0, 0.1) is 13.8 Å².